The van der Waals surface area contributed by atoms with Crippen molar-refractivity contribution in [1.29, 1.82) is 0 Å². The first-order chi connectivity index (χ1) is 10.2. The van der Waals surface area contributed by atoms with Crippen LogP contribution in [0.2, 0.25) is 0 Å². The van der Waals surface area contributed by atoms with Gasteiger partial charge in [-0.1, -0.05) is 0 Å². The lowest BCUT2D eigenvalue weighted by molar-refractivity contribution is 0.0373. The molecule has 0 unspecified atom stereocenters. The maximum atomic E-state index is 11.9. The van der Waals surface area contributed by atoms with Gasteiger partial charge in [0.25, 0.3) is 0 Å². The fourth-order valence-corrected chi connectivity index (χ4v) is 2.99. The molecular weight excluding hydrogens is 268 g/mol. The van der Waals surface area contributed by atoms with E-state index in [1.807, 2.05) is 19.0 Å². The van der Waals surface area contributed by atoms with E-state index in [0.29, 0.717) is 6.04 Å². The van der Waals surface area contributed by atoms with Crippen LogP contribution in [-0.4, -0.2) is 93.4 Å². The Balaban J connectivity index is 1.53. The van der Waals surface area contributed by atoms with Crippen molar-refractivity contribution in [2.45, 2.75) is 25.3 Å². The minimum atomic E-state index is 0.140. The van der Waals surface area contributed by atoms with Gasteiger partial charge in [0.2, 0.25) is 0 Å². The monoisotopic (exact) mass is 298 g/mol. The molecule has 0 aliphatic carbocycles. The summed E-state index contributed by atoms with van der Waals surface area (Å²) >= 11 is 0. The fraction of sp³-hybridized carbons (Fsp3) is 0.933. The van der Waals surface area contributed by atoms with Crippen molar-refractivity contribution in [3.63, 3.8) is 0 Å². The van der Waals surface area contributed by atoms with Crippen LogP contribution >= 0.6 is 0 Å². The second-order valence-electron chi connectivity index (χ2n) is 6.20. The molecule has 2 amide bonds. The standard InChI is InChI=1S/C15H30N4O2/c1-17(2)15(20)19-8-4-14(5-9-19)16-6-3-7-18-10-12-21-13-11-18/h14,16H,3-13H2,1-2H3. The predicted molar refractivity (Wildman–Crippen MR) is 83.6 cm³/mol. The third kappa shape index (κ3) is 5.45. The molecule has 2 heterocycles. The van der Waals surface area contributed by atoms with Gasteiger partial charge in [0.05, 0.1) is 13.2 Å². The summed E-state index contributed by atoms with van der Waals surface area (Å²) < 4.78 is 5.35. The normalized spacial score (nSPS) is 21.5. The van der Waals surface area contributed by atoms with Crippen molar-refractivity contribution < 1.29 is 9.53 Å². The van der Waals surface area contributed by atoms with Gasteiger partial charge < -0.3 is 19.9 Å². The molecule has 0 aromatic heterocycles. The Morgan fingerprint density at radius 3 is 2.48 bits per heavy atom. The fourth-order valence-electron chi connectivity index (χ4n) is 2.99. The third-order valence-corrected chi connectivity index (χ3v) is 4.34. The summed E-state index contributed by atoms with van der Waals surface area (Å²) in [5.74, 6) is 0. The summed E-state index contributed by atoms with van der Waals surface area (Å²) in [5.41, 5.74) is 0. The summed E-state index contributed by atoms with van der Waals surface area (Å²) in [6.07, 6.45) is 3.32. The zero-order chi connectivity index (χ0) is 15.1. The van der Waals surface area contributed by atoms with Gasteiger partial charge >= 0.3 is 6.03 Å². The molecule has 0 aromatic rings. The molecule has 0 bridgehead atoms. The zero-order valence-corrected chi connectivity index (χ0v) is 13.5. The van der Waals surface area contributed by atoms with Gasteiger partial charge in [-0.15, -0.1) is 0 Å². The number of carbonyl (C=O) groups excluding carboxylic acids is 1. The average Bonchev–Trinajstić information content (AvgIpc) is 2.52. The van der Waals surface area contributed by atoms with Gasteiger partial charge in [0.1, 0.15) is 0 Å². The van der Waals surface area contributed by atoms with Crippen LogP contribution in [0.25, 0.3) is 0 Å². The number of urea groups is 1. The first kappa shape index (κ1) is 16.5. The second kappa shape index (κ2) is 8.56. The number of morpholine rings is 1. The minimum Gasteiger partial charge on any atom is -0.379 e. The quantitative estimate of drug-likeness (QED) is 0.749. The van der Waals surface area contributed by atoms with Gasteiger partial charge in [-0.3, -0.25) is 4.90 Å². The molecule has 0 aromatic carbocycles. The number of hydrogen-bond donors (Lipinski definition) is 1. The number of nitrogens with zero attached hydrogens (tertiary/aromatic N) is 3. The molecule has 122 valence electrons. The number of rotatable bonds is 5. The predicted octanol–water partition coefficient (Wildman–Crippen LogP) is 0.444. The van der Waals surface area contributed by atoms with Crippen molar-refractivity contribution in [3.05, 3.63) is 0 Å². The average molecular weight is 298 g/mol. The van der Waals surface area contributed by atoms with Crippen LogP contribution in [0.15, 0.2) is 0 Å². The Labute approximate surface area is 128 Å². The summed E-state index contributed by atoms with van der Waals surface area (Å²) in [4.78, 5) is 17.9. The van der Waals surface area contributed by atoms with Gasteiger partial charge in [-0.2, -0.15) is 0 Å². The Hall–Kier alpha value is -0.850. The van der Waals surface area contributed by atoms with Crippen LogP contribution in [0, 0.1) is 0 Å². The molecule has 0 atom stereocenters. The topological polar surface area (TPSA) is 48.1 Å². The van der Waals surface area contributed by atoms with E-state index in [-0.39, 0.29) is 6.03 Å². The van der Waals surface area contributed by atoms with Crippen molar-refractivity contribution in [3.8, 4) is 0 Å². The minimum absolute atomic E-state index is 0.140. The largest absolute Gasteiger partial charge is 0.379 e. The van der Waals surface area contributed by atoms with E-state index in [4.69, 9.17) is 4.74 Å². The van der Waals surface area contributed by atoms with Crippen LogP contribution in [0.4, 0.5) is 4.79 Å². The summed E-state index contributed by atoms with van der Waals surface area (Å²) in [7, 11) is 3.64. The lowest BCUT2D eigenvalue weighted by Gasteiger charge is -2.34. The first-order valence-electron chi connectivity index (χ1n) is 8.16. The lowest BCUT2D eigenvalue weighted by Crippen LogP contribution is -2.48. The smallest absolute Gasteiger partial charge is 0.319 e. The molecule has 2 saturated heterocycles. The van der Waals surface area contributed by atoms with Gasteiger partial charge in [0.15, 0.2) is 0 Å². The number of piperidine rings is 1. The number of amides is 2. The van der Waals surface area contributed by atoms with E-state index in [1.165, 1.54) is 6.42 Å². The van der Waals surface area contributed by atoms with Crippen molar-refractivity contribution >= 4 is 6.03 Å². The highest BCUT2D eigenvalue weighted by Crippen LogP contribution is 2.11. The van der Waals surface area contributed by atoms with Crippen molar-refractivity contribution in [1.82, 2.24) is 20.0 Å². The van der Waals surface area contributed by atoms with Crippen molar-refractivity contribution in [2.24, 2.45) is 0 Å². The molecular formula is C15H30N4O2. The van der Waals surface area contributed by atoms with Gasteiger partial charge in [-0.25, -0.2) is 4.79 Å². The SMILES string of the molecule is CN(C)C(=O)N1CCC(NCCCN2CCOCC2)CC1. The third-order valence-electron chi connectivity index (χ3n) is 4.34. The second-order valence-corrected chi connectivity index (χ2v) is 6.20. The molecule has 2 rings (SSSR count). The molecule has 2 aliphatic rings. The van der Waals surface area contributed by atoms with Crippen LogP contribution in [-0.2, 0) is 4.74 Å². The number of likely N-dealkylation sites (tertiary alicyclic amines) is 1. The van der Waals surface area contributed by atoms with Crippen LogP contribution in [0.3, 0.4) is 0 Å². The lowest BCUT2D eigenvalue weighted by atomic mass is 10.1. The molecule has 2 aliphatic heterocycles. The number of hydrogen-bond acceptors (Lipinski definition) is 4. The highest BCUT2D eigenvalue weighted by Gasteiger charge is 2.23. The van der Waals surface area contributed by atoms with Crippen LogP contribution < -0.4 is 5.32 Å². The van der Waals surface area contributed by atoms with Gasteiger partial charge in [0, 0.05) is 46.3 Å². The Bertz CT molecular complexity index is 311. The number of carbonyl (C=O) groups is 1. The molecule has 6 nitrogen and oxygen atoms in total. The highest BCUT2D eigenvalue weighted by atomic mass is 16.5. The molecule has 2 fully saturated rings. The summed E-state index contributed by atoms with van der Waals surface area (Å²) in [6.45, 7) is 7.89. The molecule has 0 radical (unpaired) electrons. The Kier molecular flexibility index (Phi) is 6.73. The van der Waals surface area contributed by atoms with E-state index < -0.39 is 0 Å². The summed E-state index contributed by atoms with van der Waals surface area (Å²) in [6, 6.07) is 0.710. The summed E-state index contributed by atoms with van der Waals surface area (Å²) in [5, 5.41) is 3.64. The zero-order valence-electron chi connectivity index (χ0n) is 13.5. The Morgan fingerprint density at radius 2 is 1.86 bits per heavy atom. The van der Waals surface area contributed by atoms with Crippen molar-refractivity contribution in [2.75, 3.05) is 66.6 Å². The van der Waals surface area contributed by atoms with E-state index in [2.05, 4.69) is 10.2 Å². The maximum absolute atomic E-state index is 11.9. The first-order valence-corrected chi connectivity index (χ1v) is 8.16. The highest BCUT2D eigenvalue weighted by molar-refractivity contribution is 5.73. The van der Waals surface area contributed by atoms with Gasteiger partial charge in [-0.05, 0) is 32.4 Å². The molecule has 21 heavy (non-hydrogen) atoms. The van der Waals surface area contributed by atoms with E-state index in [9.17, 15) is 4.79 Å². The molecule has 6 heteroatoms. The van der Waals surface area contributed by atoms with E-state index in [0.717, 1.165) is 65.3 Å². The van der Waals surface area contributed by atoms with E-state index >= 15 is 0 Å². The Morgan fingerprint density at radius 1 is 1.19 bits per heavy atom. The molecule has 0 spiro atoms. The van der Waals surface area contributed by atoms with Crippen LogP contribution in [0.1, 0.15) is 19.3 Å². The number of nitrogens with one attached hydrogen (secondary N) is 1. The molecule has 0 saturated carbocycles. The molecule has 1 N–H and O–H groups in total. The van der Waals surface area contributed by atoms with E-state index in [1.54, 1.807) is 4.90 Å². The number of ether oxygens (including phenoxy) is 1. The van der Waals surface area contributed by atoms with Crippen LogP contribution in [0.5, 0.6) is 0 Å². The maximum Gasteiger partial charge on any atom is 0.319 e.